The van der Waals surface area contributed by atoms with Crippen LogP contribution in [0.2, 0.25) is 0 Å². The second-order valence-corrected chi connectivity index (χ2v) is 6.04. The second-order valence-electron chi connectivity index (χ2n) is 4.67. The van der Waals surface area contributed by atoms with Gasteiger partial charge in [-0.1, -0.05) is 11.1 Å². The Morgan fingerprint density at radius 1 is 1.25 bits per heavy atom. The van der Waals surface area contributed by atoms with Gasteiger partial charge >= 0.3 is 0 Å². The molecule has 0 spiro atoms. The Hall–Kier alpha value is -2.02. The molecule has 1 aromatic carbocycles. The van der Waals surface area contributed by atoms with Crippen molar-refractivity contribution in [2.45, 2.75) is 13.8 Å². The van der Waals surface area contributed by atoms with E-state index in [2.05, 4.69) is 0 Å². The molecule has 20 heavy (non-hydrogen) atoms. The lowest BCUT2D eigenvalue weighted by molar-refractivity contribution is -0.384. The Bertz CT molecular complexity index is 622. The van der Waals surface area contributed by atoms with Gasteiger partial charge in [0.25, 0.3) is 11.6 Å². The van der Waals surface area contributed by atoms with Gasteiger partial charge in [-0.25, -0.2) is 4.21 Å². The largest absolute Gasteiger partial charge is 0.269 e. The Kier molecular flexibility index (Phi) is 3.99. The Morgan fingerprint density at radius 3 is 2.40 bits per heavy atom. The summed E-state index contributed by atoms with van der Waals surface area (Å²) in [5.74, 6) is -0.0186. The third-order valence-corrected chi connectivity index (χ3v) is 4.71. The Balaban J connectivity index is 2.23. The van der Waals surface area contributed by atoms with Gasteiger partial charge in [-0.05, 0) is 26.0 Å². The Morgan fingerprint density at radius 2 is 1.85 bits per heavy atom. The summed E-state index contributed by atoms with van der Waals surface area (Å²) < 4.78 is 13.3. The van der Waals surface area contributed by atoms with E-state index in [-0.39, 0.29) is 11.6 Å². The first-order valence-corrected chi connectivity index (χ1v) is 7.27. The lowest BCUT2D eigenvalue weighted by atomic mass is 10.1. The number of carbonyl (C=O) groups is 1. The molecule has 1 aliphatic rings. The van der Waals surface area contributed by atoms with Crippen LogP contribution in [0.4, 0.5) is 5.69 Å². The average molecular weight is 294 g/mol. The zero-order valence-corrected chi connectivity index (χ0v) is 12.0. The first-order chi connectivity index (χ1) is 9.40. The van der Waals surface area contributed by atoms with Gasteiger partial charge in [0.1, 0.15) is 11.0 Å². The number of nitro benzene ring substituents is 1. The van der Waals surface area contributed by atoms with Gasteiger partial charge in [-0.2, -0.15) is 0 Å². The number of hydrogen-bond acceptors (Lipinski definition) is 4. The van der Waals surface area contributed by atoms with Crippen molar-refractivity contribution >= 4 is 22.6 Å². The highest BCUT2D eigenvalue weighted by atomic mass is 32.2. The second kappa shape index (κ2) is 5.54. The van der Waals surface area contributed by atoms with Crippen LogP contribution in [-0.4, -0.2) is 31.6 Å². The third-order valence-electron chi connectivity index (χ3n) is 3.25. The van der Waals surface area contributed by atoms with Crippen molar-refractivity contribution in [2.75, 3.05) is 12.3 Å². The number of hydrogen-bond donors (Lipinski definition) is 0. The molecular formula is C13H14N2O4S. The van der Waals surface area contributed by atoms with E-state index >= 15 is 0 Å². The average Bonchev–Trinajstić information content (AvgIpc) is 2.42. The van der Waals surface area contributed by atoms with E-state index in [4.69, 9.17) is 0 Å². The lowest BCUT2D eigenvalue weighted by Crippen LogP contribution is -2.39. The quantitative estimate of drug-likeness (QED) is 0.475. The van der Waals surface area contributed by atoms with Crippen LogP contribution in [0.1, 0.15) is 24.2 Å². The summed E-state index contributed by atoms with van der Waals surface area (Å²) in [5.41, 5.74) is 2.29. The van der Waals surface area contributed by atoms with Gasteiger partial charge in [0, 0.05) is 17.7 Å². The molecule has 6 nitrogen and oxygen atoms in total. The van der Waals surface area contributed by atoms with Crippen LogP contribution < -0.4 is 0 Å². The van der Waals surface area contributed by atoms with E-state index in [1.165, 1.54) is 28.6 Å². The molecule has 0 saturated carbocycles. The molecule has 1 aromatic rings. The van der Waals surface area contributed by atoms with Gasteiger partial charge in [0.2, 0.25) is 0 Å². The molecule has 1 unspecified atom stereocenters. The van der Waals surface area contributed by atoms with Crippen molar-refractivity contribution in [3.05, 3.63) is 51.1 Å². The first-order valence-electron chi connectivity index (χ1n) is 6.00. The van der Waals surface area contributed by atoms with Gasteiger partial charge in [-0.15, -0.1) is 0 Å². The van der Waals surface area contributed by atoms with Crippen LogP contribution in [-0.2, 0) is 11.0 Å². The summed E-state index contributed by atoms with van der Waals surface area (Å²) in [6, 6.07) is 5.32. The summed E-state index contributed by atoms with van der Waals surface area (Å²) in [6.45, 7) is 4.14. The van der Waals surface area contributed by atoms with E-state index in [0.29, 0.717) is 17.9 Å². The molecule has 106 valence electrons. The van der Waals surface area contributed by atoms with Crippen molar-refractivity contribution in [3.63, 3.8) is 0 Å². The van der Waals surface area contributed by atoms with Crippen LogP contribution in [0.15, 0.2) is 35.4 Å². The minimum atomic E-state index is -1.38. The van der Waals surface area contributed by atoms with Crippen LogP contribution in [0, 0.1) is 10.1 Å². The predicted octanol–water partition coefficient (Wildman–Crippen LogP) is 2.05. The van der Waals surface area contributed by atoms with Gasteiger partial charge in [-0.3, -0.25) is 19.2 Å². The maximum Gasteiger partial charge on any atom is 0.269 e. The number of carbonyl (C=O) groups excluding carboxylic acids is 1. The number of amides is 1. The molecule has 0 fully saturated rings. The highest BCUT2D eigenvalue weighted by Crippen LogP contribution is 2.20. The predicted molar refractivity (Wildman–Crippen MR) is 75.5 cm³/mol. The van der Waals surface area contributed by atoms with Crippen LogP contribution >= 0.6 is 0 Å². The fourth-order valence-electron chi connectivity index (χ4n) is 1.84. The van der Waals surface area contributed by atoms with Crippen molar-refractivity contribution in [2.24, 2.45) is 0 Å². The molecule has 0 saturated heterocycles. The molecule has 1 amide bonds. The summed E-state index contributed by atoms with van der Waals surface area (Å²) in [5, 5.41) is 10.6. The number of nitro groups is 1. The molecule has 7 heteroatoms. The monoisotopic (exact) mass is 294 g/mol. The summed E-state index contributed by atoms with van der Waals surface area (Å²) in [7, 11) is -1.38. The zero-order chi connectivity index (χ0) is 14.9. The van der Waals surface area contributed by atoms with Crippen molar-refractivity contribution in [1.29, 1.82) is 0 Å². The standard InChI is InChI=1S/C13H14N2O4S/c1-9-7-14(20(19)8-10(9)2)13(16)11-3-5-12(6-4-11)15(17)18/h3-6H,7-8H2,1-2H3. The summed E-state index contributed by atoms with van der Waals surface area (Å²) in [4.78, 5) is 22.3. The normalized spacial score (nSPS) is 19.1. The van der Waals surface area contributed by atoms with Gasteiger partial charge < -0.3 is 0 Å². The van der Waals surface area contributed by atoms with E-state index in [1.807, 2.05) is 13.8 Å². The van der Waals surface area contributed by atoms with Gasteiger partial charge in [0.15, 0.2) is 0 Å². The Labute approximate surface area is 118 Å². The summed E-state index contributed by atoms with van der Waals surface area (Å²) in [6.07, 6.45) is 0. The molecular weight excluding hydrogens is 280 g/mol. The van der Waals surface area contributed by atoms with E-state index < -0.39 is 15.9 Å². The highest BCUT2D eigenvalue weighted by Gasteiger charge is 2.26. The molecule has 0 radical (unpaired) electrons. The van der Waals surface area contributed by atoms with E-state index in [1.54, 1.807) is 0 Å². The molecule has 0 bridgehead atoms. The summed E-state index contributed by atoms with van der Waals surface area (Å²) >= 11 is 0. The zero-order valence-electron chi connectivity index (χ0n) is 11.2. The van der Waals surface area contributed by atoms with Crippen LogP contribution in [0.3, 0.4) is 0 Å². The minimum absolute atomic E-state index is 0.0757. The van der Waals surface area contributed by atoms with Crippen LogP contribution in [0.5, 0.6) is 0 Å². The third kappa shape index (κ3) is 2.77. The molecule has 1 heterocycles. The smallest absolute Gasteiger partial charge is 0.268 e. The maximum atomic E-state index is 12.3. The molecule has 0 aliphatic carbocycles. The molecule has 2 rings (SSSR count). The topological polar surface area (TPSA) is 80.5 Å². The maximum absolute atomic E-state index is 12.3. The SMILES string of the molecule is CC1=C(C)CS(=O)N(C(=O)c2ccc([N+](=O)[O-])cc2)C1. The molecule has 0 aromatic heterocycles. The number of non-ortho nitro benzene ring substituents is 1. The van der Waals surface area contributed by atoms with Crippen molar-refractivity contribution in [3.8, 4) is 0 Å². The fraction of sp³-hybridized carbons (Fsp3) is 0.308. The van der Waals surface area contributed by atoms with E-state index in [0.717, 1.165) is 11.1 Å². The van der Waals surface area contributed by atoms with Gasteiger partial charge in [0.05, 0.1) is 17.2 Å². The minimum Gasteiger partial charge on any atom is -0.268 e. The molecule has 1 aliphatic heterocycles. The lowest BCUT2D eigenvalue weighted by Gasteiger charge is -2.27. The van der Waals surface area contributed by atoms with E-state index in [9.17, 15) is 19.1 Å². The highest BCUT2D eigenvalue weighted by molar-refractivity contribution is 7.83. The molecule has 0 N–H and O–H groups in total. The van der Waals surface area contributed by atoms with Crippen molar-refractivity contribution < 1.29 is 13.9 Å². The number of rotatable bonds is 2. The number of nitrogens with zero attached hydrogens (tertiary/aromatic N) is 2. The fourth-order valence-corrected chi connectivity index (χ4v) is 3.24. The first kappa shape index (κ1) is 14.4. The number of benzene rings is 1. The van der Waals surface area contributed by atoms with Crippen molar-refractivity contribution in [1.82, 2.24) is 4.31 Å². The molecule has 1 atom stereocenters. The van der Waals surface area contributed by atoms with Crippen LogP contribution in [0.25, 0.3) is 0 Å².